The van der Waals surface area contributed by atoms with E-state index in [1.807, 2.05) is 0 Å². The molecule has 2 heterocycles. The van der Waals surface area contributed by atoms with E-state index in [2.05, 4.69) is 62.0 Å². The molecule has 0 radical (unpaired) electrons. The number of carbonyl (C=O) groups is 1. The highest BCUT2D eigenvalue weighted by Gasteiger charge is 2.40. The number of rotatable bonds is 11. The number of unbranched alkanes of at least 4 members (excludes halogenated alkanes) is 3. The number of carbonyl (C=O) groups excluding carboxylic acids is 1. The van der Waals surface area contributed by atoms with E-state index >= 15 is 0 Å². The molecular formula is C26H42N2O2Si. The molecule has 0 saturated carbocycles. The van der Waals surface area contributed by atoms with E-state index < -0.39 is 13.7 Å². The van der Waals surface area contributed by atoms with Crippen LogP contribution in [0.2, 0.25) is 25.7 Å². The van der Waals surface area contributed by atoms with Gasteiger partial charge in [-0.1, -0.05) is 77.0 Å². The van der Waals surface area contributed by atoms with Gasteiger partial charge in [0, 0.05) is 25.5 Å². The molecule has 1 aromatic heterocycles. The summed E-state index contributed by atoms with van der Waals surface area (Å²) in [6, 6.07) is 7.95. The average Bonchev–Trinajstić information content (AvgIpc) is 3.12. The zero-order valence-corrected chi connectivity index (χ0v) is 21.3. The van der Waals surface area contributed by atoms with Gasteiger partial charge in [0.2, 0.25) is 5.91 Å². The van der Waals surface area contributed by atoms with Crippen LogP contribution in [0, 0.1) is 0 Å². The Labute approximate surface area is 189 Å². The number of H-pyrrole nitrogens is 1. The Hall–Kier alpha value is -1.59. The van der Waals surface area contributed by atoms with Crippen LogP contribution in [0.15, 0.2) is 18.2 Å². The highest BCUT2D eigenvalue weighted by Crippen LogP contribution is 2.42. The lowest BCUT2D eigenvalue weighted by molar-refractivity contribution is -0.132. The zero-order valence-electron chi connectivity index (χ0n) is 20.3. The lowest BCUT2D eigenvalue weighted by Gasteiger charge is -2.36. The molecule has 1 amide bonds. The van der Waals surface area contributed by atoms with Gasteiger partial charge in [-0.3, -0.25) is 4.79 Å². The molecule has 1 atom stereocenters. The van der Waals surface area contributed by atoms with Gasteiger partial charge >= 0.3 is 0 Å². The molecule has 172 valence electrons. The number of benzene rings is 1. The average molecular weight is 443 g/mol. The topological polar surface area (TPSA) is 54.1 Å². The van der Waals surface area contributed by atoms with Gasteiger partial charge in [-0.05, 0) is 36.8 Å². The zero-order chi connectivity index (χ0) is 22.5. The predicted molar refractivity (Wildman–Crippen MR) is 134 cm³/mol. The van der Waals surface area contributed by atoms with Gasteiger partial charge in [-0.15, -0.1) is 0 Å². The maximum absolute atomic E-state index is 12.8. The molecule has 31 heavy (non-hydrogen) atoms. The summed E-state index contributed by atoms with van der Waals surface area (Å²) in [5.74, 6) is 0.103. The monoisotopic (exact) mass is 442 g/mol. The van der Waals surface area contributed by atoms with Crippen molar-refractivity contribution >= 4 is 24.9 Å². The van der Waals surface area contributed by atoms with Crippen LogP contribution >= 0.6 is 0 Å². The van der Waals surface area contributed by atoms with E-state index in [0.717, 1.165) is 37.9 Å². The second kappa shape index (κ2) is 10.3. The molecule has 4 nitrogen and oxygen atoms in total. The molecule has 5 heteroatoms. The van der Waals surface area contributed by atoms with Gasteiger partial charge in [0.1, 0.15) is 5.60 Å². The molecule has 1 aromatic carbocycles. The highest BCUT2D eigenvalue weighted by atomic mass is 28.3. The fraction of sp³-hybridized carbons (Fsp3) is 0.654. The number of hydrogen-bond acceptors (Lipinski definition) is 2. The normalized spacial score (nSPS) is 18.9. The van der Waals surface area contributed by atoms with E-state index in [1.165, 1.54) is 47.3 Å². The minimum atomic E-state index is -0.916. The van der Waals surface area contributed by atoms with E-state index in [9.17, 15) is 4.79 Å². The number of para-hydroxylation sites is 1. The molecule has 0 fully saturated rings. The molecular weight excluding hydrogens is 400 g/mol. The van der Waals surface area contributed by atoms with Gasteiger partial charge < -0.3 is 15.0 Å². The number of ether oxygens (including phenoxy) is 1. The summed E-state index contributed by atoms with van der Waals surface area (Å²) in [6.07, 6.45) is 7.96. The Morgan fingerprint density at radius 1 is 1.16 bits per heavy atom. The van der Waals surface area contributed by atoms with E-state index in [1.54, 1.807) is 0 Å². The fourth-order valence-corrected chi connectivity index (χ4v) is 6.24. The van der Waals surface area contributed by atoms with Gasteiger partial charge in [0.25, 0.3) is 0 Å². The maximum Gasteiger partial charge on any atom is 0.223 e. The smallest absolute Gasteiger partial charge is 0.223 e. The van der Waals surface area contributed by atoms with Gasteiger partial charge in [-0.25, -0.2) is 0 Å². The van der Waals surface area contributed by atoms with Crippen LogP contribution < -0.4 is 5.32 Å². The fourth-order valence-electron chi connectivity index (χ4n) is 4.92. The first-order valence-electron chi connectivity index (χ1n) is 12.3. The SMILES string of the molecule is CCc1cccc2c3c([nH]c12)C(CC)(CC(=O)NCCCCCC[Si](C)(C)C)OCC3. The molecule has 1 aliphatic heterocycles. The Morgan fingerprint density at radius 3 is 2.65 bits per heavy atom. The molecule has 0 spiro atoms. The van der Waals surface area contributed by atoms with Gasteiger partial charge in [0.05, 0.1) is 18.7 Å². The van der Waals surface area contributed by atoms with Crippen LogP contribution in [0.3, 0.4) is 0 Å². The van der Waals surface area contributed by atoms with Crippen LogP contribution in [0.4, 0.5) is 0 Å². The molecule has 1 aliphatic rings. The Kier molecular flexibility index (Phi) is 8.03. The standard InChI is InChI=1S/C26H42N2O2Si/c1-6-20-13-12-14-21-22-15-17-30-26(7-2,25(22)28-24(20)21)19-23(29)27-16-10-8-9-11-18-31(3,4)5/h12-14,28H,6-11,15-19H2,1-5H3,(H,27,29). The number of nitrogens with one attached hydrogen (secondary N) is 2. The minimum absolute atomic E-state index is 0.103. The van der Waals surface area contributed by atoms with Crippen molar-refractivity contribution in [3.8, 4) is 0 Å². The van der Waals surface area contributed by atoms with Crippen molar-refractivity contribution in [3.63, 3.8) is 0 Å². The van der Waals surface area contributed by atoms with Crippen molar-refractivity contribution in [3.05, 3.63) is 35.0 Å². The Balaban J connectivity index is 1.60. The third-order valence-electron chi connectivity index (χ3n) is 6.79. The third kappa shape index (κ3) is 5.81. The van der Waals surface area contributed by atoms with Crippen LogP contribution in [-0.2, 0) is 28.0 Å². The van der Waals surface area contributed by atoms with Crippen molar-refractivity contribution in [2.45, 2.75) is 96.5 Å². The maximum atomic E-state index is 12.8. The van der Waals surface area contributed by atoms with Gasteiger partial charge in [-0.2, -0.15) is 0 Å². The van der Waals surface area contributed by atoms with Crippen LogP contribution in [0.1, 0.15) is 69.2 Å². The summed E-state index contributed by atoms with van der Waals surface area (Å²) < 4.78 is 6.32. The summed E-state index contributed by atoms with van der Waals surface area (Å²) in [5.41, 5.74) is 4.47. The number of aryl methyl sites for hydroxylation is 1. The third-order valence-corrected chi connectivity index (χ3v) is 8.64. The minimum Gasteiger partial charge on any atom is -0.368 e. The lowest BCUT2D eigenvalue weighted by Crippen LogP contribution is -2.40. The van der Waals surface area contributed by atoms with Crippen molar-refractivity contribution < 1.29 is 9.53 Å². The summed E-state index contributed by atoms with van der Waals surface area (Å²) in [5, 5.41) is 4.46. The van der Waals surface area contributed by atoms with Crippen molar-refractivity contribution in [2.24, 2.45) is 0 Å². The molecule has 2 N–H and O–H groups in total. The highest BCUT2D eigenvalue weighted by molar-refractivity contribution is 6.76. The van der Waals surface area contributed by atoms with Crippen molar-refractivity contribution in [1.82, 2.24) is 10.3 Å². The molecule has 3 rings (SSSR count). The van der Waals surface area contributed by atoms with Crippen molar-refractivity contribution in [2.75, 3.05) is 13.2 Å². The number of aromatic nitrogens is 1. The first-order chi connectivity index (χ1) is 14.8. The van der Waals surface area contributed by atoms with Crippen molar-refractivity contribution in [1.29, 1.82) is 0 Å². The number of aromatic amines is 1. The summed E-state index contributed by atoms with van der Waals surface area (Å²) in [4.78, 5) is 16.5. The number of amides is 1. The predicted octanol–water partition coefficient (Wildman–Crippen LogP) is 6.31. The van der Waals surface area contributed by atoms with Crippen LogP contribution in [-0.4, -0.2) is 32.1 Å². The van der Waals surface area contributed by atoms with E-state index in [4.69, 9.17) is 4.74 Å². The Morgan fingerprint density at radius 2 is 1.94 bits per heavy atom. The van der Waals surface area contributed by atoms with E-state index in [-0.39, 0.29) is 5.91 Å². The molecule has 1 unspecified atom stereocenters. The molecule has 2 aromatic rings. The number of hydrogen-bond donors (Lipinski definition) is 2. The largest absolute Gasteiger partial charge is 0.368 e. The quantitative estimate of drug-likeness (QED) is 0.316. The summed E-state index contributed by atoms with van der Waals surface area (Å²) in [6.45, 7) is 13.1. The first kappa shape index (κ1) is 24.1. The summed E-state index contributed by atoms with van der Waals surface area (Å²) >= 11 is 0. The van der Waals surface area contributed by atoms with E-state index in [0.29, 0.717) is 13.0 Å². The first-order valence-corrected chi connectivity index (χ1v) is 16.0. The molecule has 0 bridgehead atoms. The summed E-state index contributed by atoms with van der Waals surface area (Å²) in [7, 11) is -0.916. The van der Waals surface area contributed by atoms with Crippen LogP contribution in [0.5, 0.6) is 0 Å². The van der Waals surface area contributed by atoms with Crippen LogP contribution in [0.25, 0.3) is 10.9 Å². The second-order valence-corrected chi connectivity index (χ2v) is 16.0. The Bertz CT molecular complexity index is 883. The van der Waals surface area contributed by atoms with Gasteiger partial charge in [0.15, 0.2) is 0 Å². The lowest BCUT2D eigenvalue weighted by atomic mass is 9.86. The molecule has 0 aliphatic carbocycles. The number of fused-ring (bicyclic) bond motifs is 3. The molecule has 0 saturated heterocycles. The second-order valence-electron chi connectivity index (χ2n) is 10.4.